The Hall–Kier alpha value is -2.43. The van der Waals surface area contributed by atoms with E-state index in [1.54, 1.807) is 18.6 Å². The zero-order chi connectivity index (χ0) is 13.3. The first-order valence-corrected chi connectivity index (χ1v) is 6.17. The average molecular weight is 255 g/mol. The largest absolute Gasteiger partial charge is 0.370 e. The van der Waals surface area contributed by atoms with Crippen molar-refractivity contribution in [1.29, 1.82) is 0 Å². The highest BCUT2D eigenvalue weighted by molar-refractivity contribution is 5.77. The van der Waals surface area contributed by atoms with E-state index in [-0.39, 0.29) is 0 Å². The molecule has 19 heavy (non-hydrogen) atoms. The maximum atomic E-state index is 5.78. The predicted octanol–water partition coefficient (Wildman–Crippen LogP) is 1.12. The van der Waals surface area contributed by atoms with Gasteiger partial charge in [-0.3, -0.25) is 9.97 Å². The smallest absolute Gasteiger partial charge is 0.188 e. The first-order valence-electron chi connectivity index (χ1n) is 6.17. The normalized spacial score (nSPS) is 11.3. The summed E-state index contributed by atoms with van der Waals surface area (Å²) in [6, 6.07) is 9.72. The molecule has 0 aliphatic rings. The third-order valence-corrected chi connectivity index (χ3v) is 2.57. The Balaban J connectivity index is 1.74. The van der Waals surface area contributed by atoms with Gasteiger partial charge in [-0.05, 0) is 23.8 Å². The van der Waals surface area contributed by atoms with Crippen LogP contribution in [0.4, 0.5) is 0 Å². The van der Waals surface area contributed by atoms with Crippen LogP contribution in [0.25, 0.3) is 0 Å². The van der Waals surface area contributed by atoms with E-state index in [1.807, 2.05) is 30.3 Å². The summed E-state index contributed by atoms with van der Waals surface area (Å²) in [5.41, 5.74) is 7.86. The molecule has 0 amide bonds. The molecular formula is C14H17N5. The SMILES string of the molecule is NC(=NCc1cccnc1)NCCc1ccccn1. The lowest BCUT2D eigenvalue weighted by Gasteiger charge is -2.05. The standard InChI is InChI=1S/C14H17N5/c15-14(19-11-12-4-3-7-16-10-12)18-9-6-13-5-1-2-8-17-13/h1-5,7-8,10H,6,9,11H2,(H3,15,18,19). The molecule has 5 nitrogen and oxygen atoms in total. The molecule has 3 N–H and O–H groups in total. The minimum atomic E-state index is 0.444. The molecule has 0 spiro atoms. The van der Waals surface area contributed by atoms with Gasteiger partial charge in [-0.2, -0.15) is 0 Å². The second kappa shape index (κ2) is 7.10. The number of nitrogens with one attached hydrogen (secondary N) is 1. The van der Waals surface area contributed by atoms with E-state index in [0.29, 0.717) is 12.5 Å². The Morgan fingerprint density at radius 2 is 2.16 bits per heavy atom. The number of pyridine rings is 2. The van der Waals surface area contributed by atoms with Crippen LogP contribution in [0.5, 0.6) is 0 Å². The van der Waals surface area contributed by atoms with Crippen LogP contribution in [-0.4, -0.2) is 22.5 Å². The Morgan fingerprint density at radius 1 is 1.21 bits per heavy atom. The van der Waals surface area contributed by atoms with Crippen molar-refractivity contribution in [3.8, 4) is 0 Å². The molecule has 2 aromatic rings. The van der Waals surface area contributed by atoms with Gasteiger partial charge >= 0.3 is 0 Å². The van der Waals surface area contributed by atoms with Crippen molar-refractivity contribution in [2.24, 2.45) is 10.7 Å². The van der Waals surface area contributed by atoms with Crippen LogP contribution in [-0.2, 0) is 13.0 Å². The molecule has 0 radical (unpaired) electrons. The van der Waals surface area contributed by atoms with E-state index in [1.165, 1.54) is 0 Å². The lowest BCUT2D eigenvalue weighted by Crippen LogP contribution is -2.33. The molecular weight excluding hydrogens is 238 g/mol. The second-order valence-corrected chi connectivity index (χ2v) is 4.06. The molecule has 0 unspecified atom stereocenters. The number of nitrogens with two attached hydrogens (primary N) is 1. The summed E-state index contributed by atoms with van der Waals surface area (Å²) in [5, 5.41) is 3.07. The average Bonchev–Trinajstić information content (AvgIpc) is 2.47. The Labute approximate surface area is 112 Å². The van der Waals surface area contributed by atoms with Gasteiger partial charge in [0.2, 0.25) is 0 Å². The van der Waals surface area contributed by atoms with Gasteiger partial charge in [-0.25, -0.2) is 4.99 Å². The molecule has 0 aliphatic carbocycles. The topological polar surface area (TPSA) is 76.2 Å². The van der Waals surface area contributed by atoms with Crippen molar-refractivity contribution in [3.05, 3.63) is 60.2 Å². The fourth-order valence-electron chi connectivity index (χ4n) is 1.59. The van der Waals surface area contributed by atoms with E-state index in [2.05, 4.69) is 20.3 Å². The first kappa shape index (κ1) is 13.0. The quantitative estimate of drug-likeness (QED) is 0.620. The van der Waals surface area contributed by atoms with Crippen LogP contribution in [0.15, 0.2) is 53.9 Å². The van der Waals surface area contributed by atoms with Crippen LogP contribution in [0.2, 0.25) is 0 Å². The fraction of sp³-hybridized carbons (Fsp3) is 0.214. The van der Waals surface area contributed by atoms with Crippen molar-refractivity contribution in [2.75, 3.05) is 6.54 Å². The zero-order valence-corrected chi connectivity index (χ0v) is 10.7. The summed E-state index contributed by atoms with van der Waals surface area (Å²) in [5.74, 6) is 0.444. The predicted molar refractivity (Wildman–Crippen MR) is 75.5 cm³/mol. The molecule has 0 fully saturated rings. The van der Waals surface area contributed by atoms with Gasteiger partial charge in [0.15, 0.2) is 5.96 Å². The van der Waals surface area contributed by atoms with Crippen LogP contribution in [0.3, 0.4) is 0 Å². The molecule has 2 rings (SSSR count). The van der Waals surface area contributed by atoms with Crippen LogP contribution in [0, 0.1) is 0 Å². The first-order chi connectivity index (χ1) is 9.34. The number of aliphatic imine (C=N–C) groups is 1. The highest BCUT2D eigenvalue weighted by Gasteiger charge is 1.95. The summed E-state index contributed by atoms with van der Waals surface area (Å²) in [7, 11) is 0. The molecule has 5 heteroatoms. The molecule has 98 valence electrons. The molecule has 0 saturated carbocycles. The van der Waals surface area contributed by atoms with Crippen molar-refractivity contribution in [2.45, 2.75) is 13.0 Å². The van der Waals surface area contributed by atoms with Crippen molar-refractivity contribution in [1.82, 2.24) is 15.3 Å². The number of guanidine groups is 1. The van der Waals surface area contributed by atoms with Gasteiger partial charge < -0.3 is 11.1 Å². The fourth-order valence-corrected chi connectivity index (χ4v) is 1.59. The molecule has 0 atom stereocenters. The summed E-state index contributed by atoms with van der Waals surface area (Å²) in [4.78, 5) is 12.5. The minimum absolute atomic E-state index is 0.444. The Morgan fingerprint density at radius 3 is 2.89 bits per heavy atom. The third kappa shape index (κ3) is 4.75. The Kier molecular flexibility index (Phi) is 4.87. The van der Waals surface area contributed by atoms with Crippen LogP contribution in [0.1, 0.15) is 11.3 Å². The number of rotatable bonds is 5. The van der Waals surface area contributed by atoms with E-state index < -0.39 is 0 Å². The van der Waals surface area contributed by atoms with Gasteiger partial charge in [0, 0.05) is 37.3 Å². The number of aromatic nitrogens is 2. The summed E-state index contributed by atoms with van der Waals surface area (Å²) < 4.78 is 0. The lowest BCUT2D eigenvalue weighted by molar-refractivity contribution is 0.827. The summed E-state index contributed by atoms with van der Waals surface area (Å²) in [6.45, 7) is 1.26. The van der Waals surface area contributed by atoms with Gasteiger partial charge in [0.1, 0.15) is 0 Å². The van der Waals surface area contributed by atoms with Crippen LogP contribution < -0.4 is 11.1 Å². The highest BCUT2D eigenvalue weighted by atomic mass is 15.1. The Bertz CT molecular complexity index is 510. The molecule has 2 heterocycles. The molecule has 2 aromatic heterocycles. The van der Waals surface area contributed by atoms with Crippen molar-refractivity contribution < 1.29 is 0 Å². The molecule has 0 aromatic carbocycles. The van der Waals surface area contributed by atoms with Gasteiger partial charge in [-0.15, -0.1) is 0 Å². The van der Waals surface area contributed by atoms with Gasteiger partial charge in [-0.1, -0.05) is 12.1 Å². The number of hydrogen-bond acceptors (Lipinski definition) is 3. The van der Waals surface area contributed by atoms with Crippen molar-refractivity contribution in [3.63, 3.8) is 0 Å². The van der Waals surface area contributed by atoms with Gasteiger partial charge in [0.05, 0.1) is 6.54 Å². The van der Waals surface area contributed by atoms with E-state index in [4.69, 9.17) is 5.73 Å². The summed E-state index contributed by atoms with van der Waals surface area (Å²) >= 11 is 0. The molecule has 0 aliphatic heterocycles. The van der Waals surface area contributed by atoms with E-state index in [9.17, 15) is 0 Å². The number of nitrogens with zero attached hydrogens (tertiary/aromatic N) is 3. The van der Waals surface area contributed by atoms with Crippen LogP contribution >= 0.6 is 0 Å². The second-order valence-electron chi connectivity index (χ2n) is 4.06. The monoisotopic (exact) mass is 255 g/mol. The maximum absolute atomic E-state index is 5.78. The third-order valence-electron chi connectivity index (χ3n) is 2.57. The zero-order valence-electron chi connectivity index (χ0n) is 10.7. The highest BCUT2D eigenvalue weighted by Crippen LogP contribution is 1.97. The van der Waals surface area contributed by atoms with Crippen molar-refractivity contribution >= 4 is 5.96 Å². The van der Waals surface area contributed by atoms with E-state index in [0.717, 1.165) is 24.2 Å². The molecule has 0 saturated heterocycles. The molecule has 0 bridgehead atoms. The maximum Gasteiger partial charge on any atom is 0.188 e. The minimum Gasteiger partial charge on any atom is -0.370 e. The van der Waals surface area contributed by atoms with E-state index >= 15 is 0 Å². The number of hydrogen-bond donors (Lipinski definition) is 2. The lowest BCUT2D eigenvalue weighted by atomic mass is 10.3. The summed E-state index contributed by atoms with van der Waals surface area (Å²) in [6.07, 6.45) is 6.13. The van der Waals surface area contributed by atoms with Gasteiger partial charge in [0.25, 0.3) is 0 Å².